The summed E-state index contributed by atoms with van der Waals surface area (Å²) in [5.41, 5.74) is 9.83. The summed E-state index contributed by atoms with van der Waals surface area (Å²) in [6.07, 6.45) is 4.42. The highest BCUT2D eigenvalue weighted by Crippen LogP contribution is 2.48. The van der Waals surface area contributed by atoms with Crippen molar-refractivity contribution in [2.45, 2.75) is 5.92 Å². The molecule has 0 N–H and O–H groups in total. The third-order valence-corrected chi connectivity index (χ3v) is 8.99. The fourth-order valence-corrected chi connectivity index (χ4v) is 7.15. The molecule has 1 aliphatic rings. The maximum atomic E-state index is 4.86. The standard InChI is InChI=1S/C37H28N2S/c1-38-24-30-18-17-28(23-39-30)31-19-20-32(26-13-7-3-8-14-26)37-35(31)34-22-29(25-11-5-2-6-12-25)21-33(36(34)40-37)27-15-9-4-10-16-27/h2-22,28H,1,23-24H2. The summed E-state index contributed by atoms with van der Waals surface area (Å²) in [6, 6.07) is 41.7. The Kier molecular flexibility index (Phi) is 6.43. The van der Waals surface area contributed by atoms with E-state index in [1.54, 1.807) is 0 Å². The molecule has 1 aromatic heterocycles. The third kappa shape index (κ3) is 4.39. The summed E-state index contributed by atoms with van der Waals surface area (Å²) >= 11 is 1.91. The second kappa shape index (κ2) is 10.5. The van der Waals surface area contributed by atoms with Gasteiger partial charge >= 0.3 is 0 Å². The summed E-state index contributed by atoms with van der Waals surface area (Å²) in [5, 5.41) is 2.65. The molecule has 0 saturated heterocycles. The van der Waals surface area contributed by atoms with Crippen molar-refractivity contribution in [3.63, 3.8) is 0 Å². The van der Waals surface area contributed by atoms with Gasteiger partial charge in [-0.2, -0.15) is 0 Å². The molecule has 2 nitrogen and oxygen atoms in total. The SMILES string of the molecule is C=NCC1=NCC(c2ccc(-c3ccccc3)c3sc4c(-c5ccccc5)cc(-c5ccccc5)cc4c23)C=C1. The molecular weight excluding hydrogens is 504 g/mol. The zero-order valence-corrected chi connectivity index (χ0v) is 22.9. The molecule has 5 aromatic carbocycles. The van der Waals surface area contributed by atoms with Crippen LogP contribution in [0.2, 0.25) is 0 Å². The van der Waals surface area contributed by atoms with Crippen LogP contribution < -0.4 is 0 Å². The molecule has 0 fully saturated rings. The van der Waals surface area contributed by atoms with E-state index in [4.69, 9.17) is 4.99 Å². The molecule has 7 rings (SSSR count). The van der Waals surface area contributed by atoms with Gasteiger partial charge in [0.1, 0.15) is 0 Å². The molecule has 2 heterocycles. The predicted octanol–water partition coefficient (Wildman–Crippen LogP) is 9.85. The number of nitrogens with zero attached hydrogens (tertiary/aromatic N) is 2. The topological polar surface area (TPSA) is 24.7 Å². The summed E-state index contributed by atoms with van der Waals surface area (Å²) in [4.78, 5) is 8.89. The number of thiophene rings is 1. The largest absolute Gasteiger partial charge is 0.295 e. The van der Waals surface area contributed by atoms with E-state index in [0.29, 0.717) is 6.54 Å². The molecule has 1 unspecified atom stereocenters. The van der Waals surface area contributed by atoms with Crippen LogP contribution in [0.15, 0.2) is 137 Å². The fraction of sp³-hybridized carbons (Fsp3) is 0.0811. The summed E-state index contributed by atoms with van der Waals surface area (Å²) in [5.74, 6) is 0.208. The Morgan fingerprint density at radius 1 is 0.700 bits per heavy atom. The lowest BCUT2D eigenvalue weighted by atomic mass is 9.88. The van der Waals surface area contributed by atoms with Crippen LogP contribution in [0.25, 0.3) is 53.6 Å². The van der Waals surface area contributed by atoms with Gasteiger partial charge in [0.05, 0.1) is 12.3 Å². The first-order valence-corrected chi connectivity index (χ1v) is 14.5. The highest BCUT2D eigenvalue weighted by molar-refractivity contribution is 7.27. The maximum Gasteiger partial charge on any atom is 0.0799 e. The van der Waals surface area contributed by atoms with Gasteiger partial charge in [-0.3, -0.25) is 9.98 Å². The van der Waals surface area contributed by atoms with Crippen molar-refractivity contribution in [3.8, 4) is 33.4 Å². The Morgan fingerprint density at radius 2 is 1.35 bits per heavy atom. The monoisotopic (exact) mass is 532 g/mol. The van der Waals surface area contributed by atoms with E-state index in [2.05, 4.69) is 139 Å². The average molecular weight is 533 g/mol. The zero-order chi connectivity index (χ0) is 26.9. The van der Waals surface area contributed by atoms with Crippen molar-refractivity contribution in [1.29, 1.82) is 0 Å². The van der Waals surface area contributed by atoms with E-state index in [9.17, 15) is 0 Å². The molecule has 6 aromatic rings. The fourth-order valence-electron chi connectivity index (χ4n) is 5.77. The molecule has 40 heavy (non-hydrogen) atoms. The van der Waals surface area contributed by atoms with Gasteiger partial charge in [-0.15, -0.1) is 11.3 Å². The van der Waals surface area contributed by atoms with Crippen LogP contribution in [0.4, 0.5) is 0 Å². The molecule has 3 heteroatoms. The molecule has 0 aliphatic carbocycles. The van der Waals surface area contributed by atoms with Crippen LogP contribution in [0.5, 0.6) is 0 Å². The highest BCUT2D eigenvalue weighted by Gasteiger charge is 2.22. The minimum atomic E-state index is 0.208. The Labute approximate surface area is 238 Å². The van der Waals surface area contributed by atoms with Gasteiger partial charge in [-0.1, -0.05) is 109 Å². The van der Waals surface area contributed by atoms with E-state index >= 15 is 0 Å². The quantitative estimate of drug-likeness (QED) is 0.191. The van der Waals surface area contributed by atoms with Gasteiger partial charge < -0.3 is 0 Å². The lowest BCUT2D eigenvalue weighted by Gasteiger charge is -2.18. The van der Waals surface area contributed by atoms with Gasteiger partial charge in [-0.05, 0) is 58.3 Å². The molecule has 0 spiro atoms. The Balaban J connectivity index is 1.55. The normalized spacial score (nSPS) is 14.9. The lowest BCUT2D eigenvalue weighted by Crippen LogP contribution is -2.11. The van der Waals surface area contributed by atoms with Crippen LogP contribution in [0, 0.1) is 0 Å². The number of benzene rings is 5. The van der Waals surface area contributed by atoms with Crippen LogP contribution in [-0.4, -0.2) is 25.5 Å². The highest BCUT2D eigenvalue weighted by atomic mass is 32.1. The van der Waals surface area contributed by atoms with E-state index < -0.39 is 0 Å². The van der Waals surface area contributed by atoms with Crippen molar-refractivity contribution >= 4 is 43.9 Å². The first kappa shape index (κ1) is 24.4. The number of fused-ring (bicyclic) bond motifs is 3. The van der Waals surface area contributed by atoms with Crippen LogP contribution >= 0.6 is 11.3 Å². The molecule has 0 amide bonds. The van der Waals surface area contributed by atoms with Crippen LogP contribution in [0.1, 0.15) is 11.5 Å². The summed E-state index contributed by atoms with van der Waals surface area (Å²) < 4.78 is 2.65. The average Bonchev–Trinajstić information content (AvgIpc) is 3.42. The molecular formula is C37H28N2S. The van der Waals surface area contributed by atoms with E-state index in [1.807, 2.05) is 11.3 Å². The Bertz CT molecular complexity index is 1900. The number of dihydropyridines is 1. The Morgan fingerprint density at radius 3 is 1.98 bits per heavy atom. The van der Waals surface area contributed by atoms with Gasteiger partial charge in [0, 0.05) is 38.2 Å². The van der Waals surface area contributed by atoms with E-state index in [0.717, 1.165) is 12.3 Å². The molecule has 192 valence electrons. The van der Waals surface area contributed by atoms with E-state index in [1.165, 1.54) is 59.1 Å². The number of hydrogen-bond acceptors (Lipinski definition) is 3. The van der Waals surface area contributed by atoms with Gasteiger partial charge in [-0.25, -0.2) is 0 Å². The minimum Gasteiger partial charge on any atom is -0.295 e. The zero-order valence-electron chi connectivity index (χ0n) is 22.1. The summed E-state index contributed by atoms with van der Waals surface area (Å²) in [6.45, 7) is 4.93. The molecule has 0 saturated carbocycles. The Hall–Kier alpha value is -4.60. The minimum absolute atomic E-state index is 0.208. The smallest absolute Gasteiger partial charge is 0.0799 e. The van der Waals surface area contributed by atoms with Crippen molar-refractivity contribution in [3.05, 3.63) is 133 Å². The number of hydrogen-bond donors (Lipinski definition) is 0. The molecule has 1 aliphatic heterocycles. The second-order valence-corrected chi connectivity index (χ2v) is 11.2. The molecule has 0 radical (unpaired) electrons. The van der Waals surface area contributed by atoms with E-state index in [-0.39, 0.29) is 5.92 Å². The first-order valence-electron chi connectivity index (χ1n) is 13.6. The molecule has 1 atom stereocenters. The predicted molar refractivity (Wildman–Crippen MR) is 174 cm³/mol. The maximum absolute atomic E-state index is 4.86. The van der Waals surface area contributed by atoms with Gasteiger partial charge in [0.2, 0.25) is 0 Å². The third-order valence-electron chi connectivity index (χ3n) is 7.71. The molecule has 0 bridgehead atoms. The van der Waals surface area contributed by atoms with Crippen LogP contribution in [0.3, 0.4) is 0 Å². The van der Waals surface area contributed by atoms with Gasteiger partial charge in [0.15, 0.2) is 0 Å². The number of rotatable bonds is 6. The second-order valence-electron chi connectivity index (χ2n) is 10.2. The first-order chi connectivity index (χ1) is 19.8. The summed E-state index contributed by atoms with van der Waals surface area (Å²) in [7, 11) is 0. The van der Waals surface area contributed by atoms with Crippen molar-refractivity contribution in [1.82, 2.24) is 0 Å². The lowest BCUT2D eigenvalue weighted by molar-refractivity contribution is 0.845. The van der Waals surface area contributed by atoms with Crippen molar-refractivity contribution in [2.24, 2.45) is 9.98 Å². The number of aliphatic imine (C=N–C) groups is 2. The van der Waals surface area contributed by atoms with Crippen molar-refractivity contribution in [2.75, 3.05) is 13.1 Å². The van der Waals surface area contributed by atoms with Gasteiger partial charge in [0.25, 0.3) is 0 Å². The van der Waals surface area contributed by atoms with Crippen molar-refractivity contribution < 1.29 is 0 Å². The van der Waals surface area contributed by atoms with Crippen LogP contribution in [-0.2, 0) is 0 Å².